The van der Waals surface area contributed by atoms with Gasteiger partial charge in [-0.15, -0.1) is 5.10 Å². The first-order valence-electron chi connectivity index (χ1n) is 8.75. The summed E-state index contributed by atoms with van der Waals surface area (Å²) in [5.74, 6) is -0.714. The first-order chi connectivity index (χ1) is 13.5. The topological polar surface area (TPSA) is 96.2 Å². The van der Waals surface area contributed by atoms with Crippen molar-refractivity contribution in [3.63, 3.8) is 0 Å². The van der Waals surface area contributed by atoms with Crippen molar-refractivity contribution in [2.75, 3.05) is 13.2 Å². The summed E-state index contributed by atoms with van der Waals surface area (Å²) < 4.78 is 12.3. The number of tetrazole rings is 1. The van der Waals surface area contributed by atoms with Gasteiger partial charge in [0, 0.05) is 11.5 Å². The van der Waals surface area contributed by atoms with Crippen LogP contribution in [0.3, 0.4) is 0 Å². The first kappa shape index (κ1) is 20.3. The molecule has 0 aliphatic heterocycles. The molecule has 0 bridgehead atoms. The van der Waals surface area contributed by atoms with E-state index in [1.54, 1.807) is 6.92 Å². The molecule has 1 aromatic carbocycles. The molecule has 0 saturated heterocycles. The maximum atomic E-state index is 13.0. The fourth-order valence-electron chi connectivity index (χ4n) is 2.46. The van der Waals surface area contributed by atoms with Gasteiger partial charge < -0.3 is 9.47 Å². The van der Waals surface area contributed by atoms with Crippen LogP contribution < -0.4 is 4.74 Å². The number of ether oxygens (including phenoxy) is 2. The number of Topliss-reactive ketones (excluding diaryl/α,β-unsaturated/α-hetero) is 2. The predicted octanol–water partition coefficient (Wildman–Crippen LogP) is 3.14. The summed E-state index contributed by atoms with van der Waals surface area (Å²) in [6, 6.07) is 2.98. The summed E-state index contributed by atoms with van der Waals surface area (Å²) in [7, 11) is 0. The van der Waals surface area contributed by atoms with Gasteiger partial charge in [-0.1, -0.05) is 23.2 Å². The number of hydrogen-bond acceptors (Lipinski definition) is 7. The zero-order valence-corrected chi connectivity index (χ0v) is 16.6. The summed E-state index contributed by atoms with van der Waals surface area (Å²) in [6.07, 6.45) is 4.21. The Bertz CT molecular complexity index is 895. The van der Waals surface area contributed by atoms with E-state index in [0.29, 0.717) is 13.2 Å². The van der Waals surface area contributed by atoms with E-state index < -0.39 is 5.78 Å². The van der Waals surface area contributed by atoms with E-state index in [1.165, 1.54) is 29.4 Å². The second-order valence-corrected chi connectivity index (χ2v) is 6.90. The summed E-state index contributed by atoms with van der Waals surface area (Å²) >= 11 is 12.6. The van der Waals surface area contributed by atoms with Crippen LogP contribution in [0.1, 0.15) is 30.1 Å². The highest BCUT2D eigenvalue weighted by molar-refractivity contribution is 6.41. The molecule has 0 unspecified atom stereocenters. The third-order valence-corrected chi connectivity index (χ3v) is 4.75. The maximum absolute atomic E-state index is 13.0. The highest BCUT2D eigenvalue weighted by atomic mass is 35.5. The van der Waals surface area contributed by atoms with Crippen molar-refractivity contribution in [1.29, 1.82) is 0 Å². The van der Waals surface area contributed by atoms with Crippen LogP contribution in [0.25, 0.3) is 0 Å². The van der Waals surface area contributed by atoms with Crippen molar-refractivity contribution in [2.24, 2.45) is 5.92 Å². The van der Waals surface area contributed by atoms with Crippen LogP contribution in [-0.2, 0) is 16.1 Å². The average molecular weight is 425 g/mol. The van der Waals surface area contributed by atoms with Gasteiger partial charge in [-0.3, -0.25) is 9.59 Å². The molecule has 0 amide bonds. The van der Waals surface area contributed by atoms with Crippen LogP contribution in [0.2, 0.25) is 10.0 Å². The van der Waals surface area contributed by atoms with Gasteiger partial charge in [-0.25, -0.2) is 4.68 Å². The molecule has 0 spiro atoms. The average Bonchev–Trinajstić information content (AvgIpc) is 3.41. The standard InChI is InChI=1S/C18H18Cl2N4O4/c1-2-27-9-13(16(25)11-3-4-11)17(26)12-5-6-14(19)18(15(12)20)28-8-7-24-10-21-22-23-24/h5-6,9-11H,2-4,7-8H2,1H3. The number of benzene rings is 1. The molecule has 10 heteroatoms. The Balaban J connectivity index is 1.81. The smallest absolute Gasteiger partial charge is 0.201 e. The monoisotopic (exact) mass is 424 g/mol. The Morgan fingerprint density at radius 2 is 2.11 bits per heavy atom. The summed E-state index contributed by atoms with van der Waals surface area (Å²) in [4.78, 5) is 25.5. The van der Waals surface area contributed by atoms with Gasteiger partial charge in [-0.2, -0.15) is 0 Å². The lowest BCUT2D eigenvalue weighted by Crippen LogP contribution is -2.16. The minimum Gasteiger partial charge on any atom is -0.501 e. The third kappa shape index (κ3) is 4.69. The van der Waals surface area contributed by atoms with Crippen LogP contribution in [-0.4, -0.2) is 45.0 Å². The van der Waals surface area contributed by atoms with E-state index in [-0.39, 0.29) is 45.2 Å². The maximum Gasteiger partial charge on any atom is 0.201 e. The quantitative estimate of drug-likeness (QED) is 0.190. The molecule has 1 aliphatic rings. The number of nitrogens with zero attached hydrogens (tertiary/aromatic N) is 4. The lowest BCUT2D eigenvalue weighted by molar-refractivity contribution is -0.116. The highest BCUT2D eigenvalue weighted by Crippen LogP contribution is 2.38. The molecule has 1 saturated carbocycles. The van der Waals surface area contributed by atoms with Gasteiger partial charge in [0.15, 0.2) is 11.5 Å². The Morgan fingerprint density at radius 3 is 2.75 bits per heavy atom. The second kappa shape index (κ2) is 9.16. The van der Waals surface area contributed by atoms with Crippen molar-refractivity contribution in [2.45, 2.75) is 26.3 Å². The van der Waals surface area contributed by atoms with Crippen LogP contribution in [0.5, 0.6) is 5.75 Å². The Morgan fingerprint density at radius 1 is 1.32 bits per heavy atom. The predicted molar refractivity (Wildman–Crippen MR) is 102 cm³/mol. The fourth-order valence-corrected chi connectivity index (χ4v) is 3.03. The van der Waals surface area contributed by atoms with E-state index in [1.807, 2.05) is 0 Å². The Hall–Kier alpha value is -2.45. The third-order valence-electron chi connectivity index (χ3n) is 4.08. The van der Waals surface area contributed by atoms with Gasteiger partial charge in [-0.05, 0) is 42.3 Å². The van der Waals surface area contributed by atoms with Gasteiger partial charge in [0.2, 0.25) is 5.78 Å². The minimum absolute atomic E-state index is 0.0202. The van der Waals surface area contributed by atoms with Crippen molar-refractivity contribution in [3.05, 3.63) is 45.9 Å². The SMILES string of the molecule is CCOC=C(C(=O)c1ccc(Cl)c(OCCn2cnnn2)c1Cl)C(=O)C1CC1. The van der Waals surface area contributed by atoms with Gasteiger partial charge in [0.05, 0.1) is 29.5 Å². The van der Waals surface area contributed by atoms with Gasteiger partial charge >= 0.3 is 0 Å². The highest BCUT2D eigenvalue weighted by Gasteiger charge is 2.36. The molecule has 0 N–H and O–H groups in total. The van der Waals surface area contributed by atoms with E-state index in [0.717, 1.165) is 12.8 Å². The summed E-state index contributed by atoms with van der Waals surface area (Å²) in [5, 5.41) is 11.1. The summed E-state index contributed by atoms with van der Waals surface area (Å²) in [5.41, 5.74) is 0.108. The number of hydrogen-bond donors (Lipinski definition) is 0. The molecule has 28 heavy (non-hydrogen) atoms. The number of rotatable bonds is 10. The number of aromatic nitrogens is 4. The molecular weight excluding hydrogens is 407 g/mol. The van der Waals surface area contributed by atoms with Crippen LogP contribution >= 0.6 is 23.2 Å². The molecule has 1 fully saturated rings. The van der Waals surface area contributed by atoms with Gasteiger partial charge in [0.1, 0.15) is 18.5 Å². The number of carbonyl (C=O) groups excluding carboxylic acids is 2. The van der Waals surface area contributed by atoms with Crippen LogP contribution in [0.4, 0.5) is 0 Å². The number of halogens is 2. The largest absolute Gasteiger partial charge is 0.501 e. The number of carbonyl (C=O) groups is 2. The molecule has 0 atom stereocenters. The molecular formula is C18H18Cl2N4O4. The molecule has 0 radical (unpaired) electrons. The fraction of sp³-hybridized carbons (Fsp3) is 0.389. The molecule has 8 nitrogen and oxygen atoms in total. The zero-order valence-electron chi connectivity index (χ0n) is 15.1. The Kier molecular flexibility index (Phi) is 6.64. The van der Waals surface area contributed by atoms with Crippen molar-refractivity contribution in [3.8, 4) is 5.75 Å². The molecule has 1 aliphatic carbocycles. The van der Waals surface area contributed by atoms with Crippen molar-refractivity contribution >= 4 is 34.8 Å². The van der Waals surface area contributed by atoms with Crippen molar-refractivity contribution < 1.29 is 19.1 Å². The minimum atomic E-state index is -0.516. The molecule has 1 aromatic heterocycles. The van der Waals surface area contributed by atoms with Gasteiger partial charge in [0.25, 0.3) is 0 Å². The first-order valence-corrected chi connectivity index (χ1v) is 9.50. The second-order valence-electron chi connectivity index (χ2n) is 6.11. The lowest BCUT2D eigenvalue weighted by atomic mass is 9.98. The van der Waals surface area contributed by atoms with Crippen molar-refractivity contribution in [1.82, 2.24) is 20.2 Å². The normalized spacial score (nSPS) is 14.0. The van der Waals surface area contributed by atoms with E-state index in [2.05, 4.69) is 15.5 Å². The van der Waals surface area contributed by atoms with E-state index >= 15 is 0 Å². The Labute approximate surface area is 171 Å². The zero-order chi connectivity index (χ0) is 20.1. The van der Waals surface area contributed by atoms with E-state index in [9.17, 15) is 9.59 Å². The van der Waals surface area contributed by atoms with Crippen LogP contribution in [0, 0.1) is 5.92 Å². The number of ketones is 2. The molecule has 2 aromatic rings. The summed E-state index contributed by atoms with van der Waals surface area (Å²) in [6.45, 7) is 2.67. The molecule has 148 valence electrons. The number of allylic oxidation sites excluding steroid dienone is 1. The molecule has 3 rings (SSSR count). The van der Waals surface area contributed by atoms with E-state index in [4.69, 9.17) is 32.7 Å². The lowest BCUT2D eigenvalue weighted by Gasteiger charge is -2.13. The molecule has 1 heterocycles. The van der Waals surface area contributed by atoms with Crippen LogP contribution in [0.15, 0.2) is 30.3 Å².